The molecule has 0 spiro atoms. The lowest BCUT2D eigenvalue weighted by Crippen LogP contribution is -2.19. The largest absolute Gasteiger partial charge is 0.293 e. The molecule has 11 rings (SSSR count). The van der Waals surface area contributed by atoms with Gasteiger partial charge in [-0.1, -0.05) is 98.8 Å². The molecule has 6 aromatic carbocycles. The van der Waals surface area contributed by atoms with E-state index in [4.69, 9.17) is 9.97 Å². The van der Waals surface area contributed by atoms with Crippen molar-refractivity contribution in [1.82, 2.24) is 19.5 Å². The van der Waals surface area contributed by atoms with Crippen LogP contribution in [0.2, 0.25) is 0 Å². The van der Waals surface area contributed by atoms with Crippen LogP contribution >= 0.6 is 11.3 Å². The van der Waals surface area contributed by atoms with Crippen LogP contribution in [-0.2, 0) is 5.41 Å². The first-order valence-electron chi connectivity index (χ1n) is 17.3. The molecule has 51 heavy (non-hydrogen) atoms. The molecule has 4 heterocycles. The Balaban J connectivity index is 1.20. The van der Waals surface area contributed by atoms with Gasteiger partial charge in [0.05, 0.1) is 16.7 Å². The number of benzene rings is 6. The van der Waals surface area contributed by atoms with Gasteiger partial charge in [-0.05, 0) is 76.0 Å². The molecule has 10 aromatic rings. The lowest BCUT2D eigenvalue weighted by Gasteiger charge is -2.24. The summed E-state index contributed by atoms with van der Waals surface area (Å²) in [5, 5.41) is 7.49. The molecule has 0 N–H and O–H groups in total. The number of pyridine rings is 1. The molecular formula is C46H30N4S. The monoisotopic (exact) mass is 670 g/mol. The highest BCUT2D eigenvalue weighted by molar-refractivity contribution is 7.25. The van der Waals surface area contributed by atoms with Crippen LogP contribution < -0.4 is 0 Å². The van der Waals surface area contributed by atoms with Crippen LogP contribution in [0.3, 0.4) is 0 Å². The molecule has 0 atom stereocenters. The van der Waals surface area contributed by atoms with Crippen LogP contribution in [-0.4, -0.2) is 19.5 Å². The van der Waals surface area contributed by atoms with Crippen molar-refractivity contribution in [2.24, 2.45) is 0 Å². The molecule has 0 fully saturated rings. The first-order chi connectivity index (χ1) is 25.0. The first-order valence-corrected chi connectivity index (χ1v) is 18.2. The van der Waals surface area contributed by atoms with Gasteiger partial charge in [-0.15, -0.1) is 11.3 Å². The summed E-state index contributed by atoms with van der Waals surface area (Å²) in [6.07, 6.45) is 3.64. The van der Waals surface area contributed by atoms with Gasteiger partial charge in [-0.2, -0.15) is 0 Å². The van der Waals surface area contributed by atoms with Crippen molar-refractivity contribution in [3.8, 4) is 39.6 Å². The third kappa shape index (κ3) is 4.10. The van der Waals surface area contributed by atoms with Gasteiger partial charge in [0.25, 0.3) is 0 Å². The van der Waals surface area contributed by atoms with Gasteiger partial charge in [0.2, 0.25) is 0 Å². The van der Waals surface area contributed by atoms with E-state index in [9.17, 15) is 0 Å². The Labute approximate surface area is 298 Å². The van der Waals surface area contributed by atoms with Gasteiger partial charge in [0.1, 0.15) is 5.82 Å². The maximum atomic E-state index is 5.48. The molecule has 0 aliphatic heterocycles. The highest BCUT2D eigenvalue weighted by Gasteiger charge is 2.41. The van der Waals surface area contributed by atoms with Gasteiger partial charge < -0.3 is 0 Å². The van der Waals surface area contributed by atoms with Crippen molar-refractivity contribution < 1.29 is 0 Å². The summed E-state index contributed by atoms with van der Waals surface area (Å²) in [5.41, 5.74) is 9.82. The van der Waals surface area contributed by atoms with Crippen LogP contribution in [0, 0.1) is 0 Å². The highest BCUT2D eigenvalue weighted by Crippen LogP contribution is 2.52. The Morgan fingerprint density at radius 2 is 1.25 bits per heavy atom. The highest BCUT2D eigenvalue weighted by atomic mass is 32.1. The maximum absolute atomic E-state index is 5.48. The van der Waals surface area contributed by atoms with Crippen LogP contribution in [0.4, 0.5) is 0 Å². The second-order valence-electron chi connectivity index (χ2n) is 14.1. The zero-order valence-corrected chi connectivity index (χ0v) is 28.9. The standard InChI is InChI=1S/C46H30N4S/c1-46(2)37-18-16-30(31-15-17-34-33-12-6-8-14-40(33)51-41(34)26-31)24-36(37)43-42(46)45(49-44(48-43)27-19-21-47-22-20-27)50-38-13-7-5-11-32(38)35-23-28-9-3-4-10-29(28)25-39(35)50/h3-26H,1-2H3. The average molecular weight is 671 g/mol. The summed E-state index contributed by atoms with van der Waals surface area (Å²) in [7, 11) is 0. The van der Waals surface area contributed by atoms with E-state index >= 15 is 0 Å². The summed E-state index contributed by atoms with van der Waals surface area (Å²) in [5.74, 6) is 1.61. The lowest BCUT2D eigenvalue weighted by atomic mass is 9.82. The zero-order chi connectivity index (χ0) is 33.8. The maximum Gasteiger partial charge on any atom is 0.162 e. The van der Waals surface area contributed by atoms with E-state index in [1.54, 1.807) is 0 Å². The Morgan fingerprint density at radius 3 is 2.12 bits per heavy atom. The van der Waals surface area contributed by atoms with Crippen molar-refractivity contribution in [3.63, 3.8) is 0 Å². The predicted molar refractivity (Wildman–Crippen MR) is 213 cm³/mol. The summed E-state index contributed by atoms with van der Waals surface area (Å²) in [4.78, 5) is 15.2. The van der Waals surface area contributed by atoms with E-state index in [0.29, 0.717) is 5.82 Å². The molecular weight excluding hydrogens is 641 g/mol. The molecule has 0 radical (unpaired) electrons. The van der Waals surface area contributed by atoms with Crippen LogP contribution in [0.1, 0.15) is 25.0 Å². The van der Waals surface area contributed by atoms with Gasteiger partial charge in [-0.25, -0.2) is 9.97 Å². The average Bonchev–Trinajstić information content (AvgIpc) is 3.78. The minimum atomic E-state index is -0.348. The number of para-hydroxylation sites is 1. The number of hydrogen-bond donors (Lipinski definition) is 0. The second kappa shape index (κ2) is 10.4. The summed E-state index contributed by atoms with van der Waals surface area (Å²) in [6.45, 7) is 4.64. The topological polar surface area (TPSA) is 43.6 Å². The second-order valence-corrected chi connectivity index (χ2v) is 15.2. The molecule has 240 valence electrons. The van der Waals surface area contributed by atoms with Crippen molar-refractivity contribution in [2.45, 2.75) is 19.3 Å². The minimum Gasteiger partial charge on any atom is -0.293 e. The molecule has 0 saturated heterocycles. The van der Waals surface area contributed by atoms with Crippen LogP contribution in [0.25, 0.3) is 92.3 Å². The quantitative estimate of drug-likeness (QED) is 0.188. The SMILES string of the molecule is CC1(C)c2ccc(-c3ccc4c(c3)sc3ccccc34)cc2-c2nc(-c3ccncc3)nc(-n3c4ccccc4c4cc5ccccc5cc43)c21. The molecule has 4 nitrogen and oxygen atoms in total. The number of thiophene rings is 1. The smallest absolute Gasteiger partial charge is 0.162 e. The third-order valence-corrected chi connectivity index (χ3v) is 12.0. The Morgan fingerprint density at radius 1 is 0.549 bits per heavy atom. The van der Waals surface area contributed by atoms with E-state index in [1.165, 1.54) is 58.4 Å². The number of fused-ring (bicyclic) bond motifs is 10. The Hall–Kier alpha value is -6.17. The van der Waals surface area contributed by atoms with E-state index < -0.39 is 0 Å². The van der Waals surface area contributed by atoms with Gasteiger partial charge in [-0.3, -0.25) is 9.55 Å². The van der Waals surface area contributed by atoms with Gasteiger partial charge >= 0.3 is 0 Å². The fraction of sp³-hybridized carbons (Fsp3) is 0.0652. The summed E-state index contributed by atoms with van der Waals surface area (Å²) >= 11 is 1.86. The van der Waals surface area contributed by atoms with Crippen molar-refractivity contribution >= 4 is 64.1 Å². The first kappa shape index (κ1) is 28.6. The summed E-state index contributed by atoms with van der Waals surface area (Å²) in [6, 6.07) is 48.5. The molecule has 1 aliphatic rings. The molecule has 1 aliphatic carbocycles. The van der Waals surface area contributed by atoms with Gasteiger partial charge in [0.15, 0.2) is 5.82 Å². The molecule has 0 bridgehead atoms. The van der Waals surface area contributed by atoms with Gasteiger partial charge in [0, 0.05) is 65.4 Å². The normalized spacial score (nSPS) is 13.5. The van der Waals surface area contributed by atoms with Crippen LogP contribution in [0.15, 0.2) is 146 Å². The molecule has 0 saturated carbocycles. The number of aromatic nitrogens is 4. The minimum absolute atomic E-state index is 0.348. The predicted octanol–water partition coefficient (Wildman–Crippen LogP) is 12.1. The van der Waals surface area contributed by atoms with E-state index in [0.717, 1.165) is 39.2 Å². The van der Waals surface area contributed by atoms with E-state index in [1.807, 2.05) is 35.9 Å². The van der Waals surface area contributed by atoms with E-state index in [-0.39, 0.29) is 5.41 Å². The fourth-order valence-electron chi connectivity index (χ4n) is 8.40. The molecule has 4 aromatic heterocycles. The van der Waals surface area contributed by atoms with E-state index in [2.05, 4.69) is 145 Å². The Kier molecular flexibility index (Phi) is 5.85. The lowest BCUT2D eigenvalue weighted by molar-refractivity contribution is 0.650. The fourth-order valence-corrected chi connectivity index (χ4v) is 9.54. The van der Waals surface area contributed by atoms with Crippen molar-refractivity contribution in [1.29, 1.82) is 0 Å². The Bertz CT molecular complexity index is 3060. The molecule has 5 heteroatoms. The summed E-state index contributed by atoms with van der Waals surface area (Å²) < 4.78 is 5.00. The zero-order valence-electron chi connectivity index (χ0n) is 28.1. The number of nitrogens with zero attached hydrogens (tertiary/aromatic N) is 4. The molecule has 0 unspecified atom stereocenters. The van der Waals surface area contributed by atoms with Crippen molar-refractivity contribution in [2.75, 3.05) is 0 Å². The number of hydrogen-bond acceptors (Lipinski definition) is 4. The van der Waals surface area contributed by atoms with Crippen LogP contribution in [0.5, 0.6) is 0 Å². The third-order valence-electron chi connectivity index (χ3n) is 10.9. The molecule has 0 amide bonds. The van der Waals surface area contributed by atoms with Crippen molar-refractivity contribution in [3.05, 3.63) is 157 Å². The number of rotatable bonds is 3.